The van der Waals surface area contributed by atoms with Crippen LogP contribution in [0.4, 0.5) is 0 Å². The lowest BCUT2D eigenvalue weighted by atomic mass is 9.99. The van der Waals surface area contributed by atoms with E-state index in [1.54, 1.807) is 6.08 Å². The maximum Gasteiger partial charge on any atom is 0.326 e. The molecule has 0 saturated carbocycles. The van der Waals surface area contributed by atoms with Crippen LogP contribution in [0.2, 0.25) is 0 Å². The molecule has 2 unspecified atom stereocenters. The Morgan fingerprint density at radius 3 is 2.42 bits per heavy atom. The molecule has 9 nitrogen and oxygen atoms in total. The Morgan fingerprint density at radius 1 is 1.32 bits per heavy atom. The topological polar surface area (TPSA) is 142 Å². The van der Waals surface area contributed by atoms with Gasteiger partial charge in [0.25, 0.3) is 7.12 Å². The summed E-state index contributed by atoms with van der Waals surface area (Å²) in [6.07, 6.45) is 7.48. The largest absolute Gasteiger partial charge is 0.480 e. The third-order valence-electron chi connectivity index (χ3n) is 4.53. The Morgan fingerprint density at radius 2 is 1.97 bits per heavy atom. The molecule has 0 aromatic heterocycles. The average Bonchev–Trinajstić information content (AvgIpc) is 3.02. The van der Waals surface area contributed by atoms with Gasteiger partial charge in [0, 0.05) is 24.7 Å². The standard InChI is InChI=1S/C20H27BN4O5S/c1-5-13(11-14(6-2)15(7-3)18(22)23-8-4)12-17(20(27)28)25-10-9-16(19(25)26)24-31(21,29)30/h5-8,11,16-17,24H,1-4,9-10,12,21H2,(H2,22,23)(H,27,28)/b13-11+,15-14+. The second-order valence-electron chi connectivity index (χ2n) is 6.72. The Balaban J connectivity index is 3.27. The van der Waals surface area contributed by atoms with Crippen LogP contribution in [-0.2, 0) is 19.5 Å². The van der Waals surface area contributed by atoms with E-state index in [-0.39, 0.29) is 25.2 Å². The summed E-state index contributed by atoms with van der Waals surface area (Å²) in [5.74, 6) is -1.66. The third kappa shape index (κ3) is 7.23. The Labute approximate surface area is 183 Å². The molecule has 0 radical (unpaired) electrons. The van der Waals surface area contributed by atoms with Crippen molar-refractivity contribution >= 4 is 34.7 Å². The SMILES string of the molecule is BS(=O)(=O)NC1CCN(C(C/C(C=C)=C/C(C=C)=C(C=C)/C(N)=N\C=C)C(=O)O)C1=O. The van der Waals surface area contributed by atoms with Crippen LogP contribution in [0.1, 0.15) is 12.8 Å². The van der Waals surface area contributed by atoms with Gasteiger partial charge in [-0.05, 0) is 17.6 Å². The number of likely N-dealkylation sites (tertiary alicyclic amines) is 1. The summed E-state index contributed by atoms with van der Waals surface area (Å²) in [4.78, 5) is 29.6. The molecule has 1 heterocycles. The van der Waals surface area contributed by atoms with Gasteiger partial charge in [-0.2, -0.15) is 0 Å². The number of amides is 1. The fraction of sp³-hybridized carbons (Fsp3) is 0.250. The summed E-state index contributed by atoms with van der Waals surface area (Å²) in [7, 11) is -2.67. The number of carbonyl (C=O) groups is 2. The number of hydrogen-bond donors (Lipinski definition) is 3. The van der Waals surface area contributed by atoms with E-state index in [1.165, 1.54) is 24.4 Å². The number of carboxylic acid groups (broad SMARTS) is 1. The monoisotopic (exact) mass is 446 g/mol. The van der Waals surface area contributed by atoms with Crippen molar-refractivity contribution in [3.8, 4) is 0 Å². The van der Waals surface area contributed by atoms with Crippen LogP contribution < -0.4 is 10.5 Å². The number of carbonyl (C=O) groups excluding carboxylic acids is 1. The van der Waals surface area contributed by atoms with Gasteiger partial charge >= 0.3 is 5.97 Å². The zero-order valence-electron chi connectivity index (χ0n) is 17.5. The molecule has 0 spiro atoms. The Bertz CT molecular complexity index is 982. The van der Waals surface area contributed by atoms with Crippen molar-refractivity contribution < 1.29 is 23.1 Å². The first kappa shape index (κ1) is 25.9. The Hall–Kier alpha value is -3.18. The number of aliphatic imine (C=N–C) groups is 1. The van der Waals surface area contributed by atoms with E-state index < -0.39 is 33.8 Å². The quantitative estimate of drug-likeness (QED) is 0.169. The number of amidine groups is 1. The second kappa shape index (κ2) is 11.3. The van der Waals surface area contributed by atoms with E-state index in [4.69, 9.17) is 5.73 Å². The molecule has 4 N–H and O–H groups in total. The highest BCUT2D eigenvalue weighted by Crippen LogP contribution is 2.22. The first-order valence-electron chi connectivity index (χ1n) is 9.26. The summed E-state index contributed by atoms with van der Waals surface area (Å²) in [5, 5.41) is 9.73. The first-order chi connectivity index (χ1) is 14.5. The second-order valence-corrected chi connectivity index (χ2v) is 8.50. The van der Waals surface area contributed by atoms with Gasteiger partial charge in [-0.3, -0.25) is 4.79 Å². The van der Waals surface area contributed by atoms with Crippen molar-refractivity contribution in [1.82, 2.24) is 9.62 Å². The van der Waals surface area contributed by atoms with E-state index in [1.807, 2.05) is 0 Å². The van der Waals surface area contributed by atoms with Gasteiger partial charge in [-0.15, -0.1) is 0 Å². The molecule has 0 aromatic carbocycles. The summed E-state index contributed by atoms with van der Waals surface area (Å²) in [6, 6.07) is -2.19. The first-order valence-corrected chi connectivity index (χ1v) is 11.1. The number of rotatable bonds is 12. The van der Waals surface area contributed by atoms with Gasteiger partial charge in [0.05, 0.1) is 0 Å². The van der Waals surface area contributed by atoms with Crippen LogP contribution in [0.25, 0.3) is 0 Å². The normalized spacial score (nSPS) is 19.4. The lowest BCUT2D eigenvalue weighted by Crippen LogP contribution is -2.47. The molecule has 166 valence electrons. The van der Waals surface area contributed by atoms with Crippen molar-refractivity contribution in [2.75, 3.05) is 6.54 Å². The van der Waals surface area contributed by atoms with Crippen LogP contribution in [0.5, 0.6) is 0 Å². The summed E-state index contributed by atoms with van der Waals surface area (Å²) < 4.78 is 25.1. The molecule has 1 aliphatic rings. The fourth-order valence-electron chi connectivity index (χ4n) is 3.12. The van der Waals surface area contributed by atoms with Gasteiger partial charge in [0.1, 0.15) is 17.9 Å². The van der Waals surface area contributed by atoms with Crippen molar-refractivity contribution in [3.63, 3.8) is 0 Å². The van der Waals surface area contributed by atoms with Gasteiger partial charge in [0.2, 0.25) is 5.91 Å². The minimum absolute atomic E-state index is 0.0591. The van der Waals surface area contributed by atoms with Crippen molar-refractivity contribution in [2.24, 2.45) is 10.7 Å². The predicted molar refractivity (Wildman–Crippen MR) is 124 cm³/mol. The summed E-state index contributed by atoms with van der Waals surface area (Å²) in [5.41, 5.74) is 7.41. The van der Waals surface area contributed by atoms with Crippen molar-refractivity contribution in [3.05, 3.63) is 73.5 Å². The van der Waals surface area contributed by atoms with Crippen LogP contribution in [-0.4, -0.2) is 61.9 Å². The summed E-state index contributed by atoms with van der Waals surface area (Å²) >= 11 is 0. The van der Waals surface area contributed by atoms with Gasteiger partial charge in [-0.1, -0.05) is 50.6 Å². The molecule has 2 atom stereocenters. The van der Waals surface area contributed by atoms with Gasteiger partial charge < -0.3 is 15.7 Å². The highest BCUT2D eigenvalue weighted by atomic mass is 32.2. The number of hydrogen-bond acceptors (Lipinski definition) is 5. The van der Waals surface area contributed by atoms with Crippen molar-refractivity contribution in [2.45, 2.75) is 24.9 Å². The van der Waals surface area contributed by atoms with Crippen molar-refractivity contribution in [1.29, 1.82) is 0 Å². The predicted octanol–water partition coefficient (Wildman–Crippen LogP) is 0.180. The lowest BCUT2D eigenvalue weighted by molar-refractivity contribution is -0.148. The molecular formula is C20H27BN4O5S. The highest BCUT2D eigenvalue weighted by molar-refractivity contribution is 8.10. The molecule has 0 aliphatic carbocycles. The van der Waals surface area contributed by atoms with Crippen LogP contribution >= 0.6 is 0 Å². The van der Waals surface area contributed by atoms with E-state index in [9.17, 15) is 23.1 Å². The molecule has 1 amide bonds. The van der Waals surface area contributed by atoms with E-state index in [0.717, 1.165) is 12.0 Å². The van der Waals surface area contributed by atoms with E-state index in [0.29, 0.717) is 16.7 Å². The molecular weight excluding hydrogens is 419 g/mol. The molecule has 0 bridgehead atoms. The van der Waals surface area contributed by atoms with Crippen LogP contribution in [0.3, 0.4) is 0 Å². The highest BCUT2D eigenvalue weighted by Gasteiger charge is 2.40. The number of aliphatic carboxylic acids is 1. The smallest absolute Gasteiger partial charge is 0.326 e. The number of allylic oxidation sites excluding steroid dienone is 4. The maximum atomic E-state index is 12.6. The average molecular weight is 446 g/mol. The van der Waals surface area contributed by atoms with E-state index in [2.05, 4.69) is 36.0 Å². The van der Waals surface area contributed by atoms with Gasteiger partial charge in [0.15, 0.2) is 9.87 Å². The van der Waals surface area contributed by atoms with Gasteiger partial charge in [-0.25, -0.2) is 22.9 Å². The third-order valence-corrected chi connectivity index (χ3v) is 5.24. The number of nitrogens with two attached hydrogens (primary N) is 1. The Kier molecular flexibility index (Phi) is 9.41. The lowest BCUT2D eigenvalue weighted by Gasteiger charge is -2.25. The fourth-order valence-corrected chi connectivity index (χ4v) is 3.85. The van der Waals surface area contributed by atoms with Crippen LogP contribution in [0, 0.1) is 0 Å². The zero-order chi connectivity index (χ0) is 23.8. The number of carboxylic acids is 1. The number of nitrogens with zero attached hydrogens (tertiary/aromatic N) is 2. The molecule has 11 heteroatoms. The zero-order valence-corrected chi connectivity index (χ0v) is 18.3. The molecule has 0 aromatic rings. The number of nitrogens with one attached hydrogen (secondary N) is 1. The van der Waals surface area contributed by atoms with Crippen LogP contribution in [0.15, 0.2) is 78.5 Å². The molecule has 1 aliphatic heterocycles. The summed E-state index contributed by atoms with van der Waals surface area (Å²) in [6.45, 7) is 14.8. The molecule has 1 saturated heterocycles. The minimum Gasteiger partial charge on any atom is -0.480 e. The van der Waals surface area contributed by atoms with E-state index >= 15 is 0 Å². The molecule has 1 fully saturated rings. The molecule has 31 heavy (non-hydrogen) atoms. The molecule has 1 rings (SSSR count). The minimum atomic E-state index is -3.61. The maximum absolute atomic E-state index is 12.6.